The number of fused-ring (bicyclic) bond motifs is 1. The molecular weight excluding hydrogens is 314 g/mol. The Kier molecular flexibility index (Phi) is 4.80. The predicted octanol–water partition coefficient (Wildman–Crippen LogP) is 4.22. The summed E-state index contributed by atoms with van der Waals surface area (Å²) in [6, 6.07) is 15.3. The smallest absolute Gasteiger partial charge is 0.331 e. The largest absolute Gasteiger partial charge is 0.454 e. The van der Waals surface area contributed by atoms with Crippen molar-refractivity contribution in [3.63, 3.8) is 0 Å². The number of carbonyl (C=O) groups excluding carboxylic acids is 2. The molecule has 0 unspecified atom stereocenters. The summed E-state index contributed by atoms with van der Waals surface area (Å²) in [5.74, 6) is -0.751. The average Bonchev–Trinajstić information content (AvgIpc) is 2.95. The fraction of sp³-hybridized carbons (Fsp3) is 0.143. The summed E-state index contributed by atoms with van der Waals surface area (Å²) in [4.78, 5) is 27.4. The van der Waals surface area contributed by atoms with E-state index in [2.05, 4.69) is 4.98 Å². The Morgan fingerprint density at radius 1 is 1.04 bits per heavy atom. The molecule has 3 rings (SSSR count). The first-order chi connectivity index (χ1) is 12.0. The van der Waals surface area contributed by atoms with Gasteiger partial charge in [0.25, 0.3) is 0 Å². The van der Waals surface area contributed by atoms with Crippen molar-refractivity contribution >= 4 is 28.7 Å². The van der Waals surface area contributed by atoms with E-state index < -0.39 is 5.97 Å². The Labute approximate surface area is 146 Å². The second kappa shape index (κ2) is 7.18. The van der Waals surface area contributed by atoms with Gasteiger partial charge in [-0.05, 0) is 31.6 Å². The van der Waals surface area contributed by atoms with Crippen LogP contribution in [-0.2, 0) is 9.53 Å². The van der Waals surface area contributed by atoms with Gasteiger partial charge in [0.2, 0.25) is 5.78 Å². The summed E-state index contributed by atoms with van der Waals surface area (Å²) in [5.41, 5.74) is 4.30. The minimum Gasteiger partial charge on any atom is -0.454 e. The van der Waals surface area contributed by atoms with Crippen LogP contribution in [0.15, 0.2) is 54.6 Å². The first kappa shape index (κ1) is 16.7. The second-order valence-corrected chi connectivity index (χ2v) is 5.95. The van der Waals surface area contributed by atoms with Gasteiger partial charge in [-0.2, -0.15) is 0 Å². The number of benzene rings is 2. The van der Waals surface area contributed by atoms with E-state index in [0.717, 1.165) is 27.7 Å². The van der Waals surface area contributed by atoms with Crippen molar-refractivity contribution < 1.29 is 14.3 Å². The van der Waals surface area contributed by atoms with Crippen molar-refractivity contribution in [3.8, 4) is 0 Å². The van der Waals surface area contributed by atoms with E-state index in [9.17, 15) is 9.59 Å². The lowest BCUT2D eigenvalue weighted by Gasteiger charge is -2.02. The SMILES string of the molecule is Cc1ccc(/C=C/C(=O)OCC(=O)c2c(C)[nH]c3ccccc23)cc1. The molecule has 1 N–H and O–H groups in total. The minimum atomic E-state index is -0.536. The van der Waals surface area contributed by atoms with Crippen LogP contribution in [0.4, 0.5) is 0 Å². The Morgan fingerprint density at radius 3 is 2.52 bits per heavy atom. The highest BCUT2D eigenvalue weighted by atomic mass is 16.5. The number of aryl methyl sites for hydroxylation is 2. The summed E-state index contributed by atoms with van der Waals surface area (Å²) in [6.45, 7) is 3.56. The summed E-state index contributed by atoms with van der Waals surface area (Å²) in [7, 11) is 0. The lowest BCUT2D eigenvalue weighted by atomic mass is 10.1. The predicted molar refractivity (Wildman–Crippen MR) is 98.5 cm³/mol. The summed E-state index contributed by atoms with van der Waals surface area (Å²) in [6.07, 6.45) is 3.00. The maximum Gasteiger partial charge on any atom is 0.331 e. The molecule has 0 radical (unpaired) electrons. The van der Waals surface area contributed by atoms with Crippen molar-refractivity contribution in [1.82, 2.24) is 4.98 Å². The van der Waals surface area contributed by atoms with Gasteiger partial charge in [-0.25, -0.2) is 4.79 Å². The number of aromatic amines is 1. The third-order valence-electron chi connectivity index (χ3n) is 4.01. The maximum absolute atomic E-state index is 12.4. The summed E-state index contributed by atoms with van der Waals surface area (Å²) in [5, 5.41) is 0.844. The highest BCUT2D eigenvalue weighted by Crippen LogP contribution is 2.22. The molecule has 0 bridgehead atoms. The van der Waals surface area contributed by atoms with E-state index in [4.69, 9.17) is 4.74 Å². The number of rotatable bonds is 5. The first-order valence-electron chi connectivity index (χ1n) is 8.06. The molecule has 0 saturated heterocycles. The van der Waals surface area contributed by atoms with Gasteiger partial charge in [0.15, 0.2) is 6.61 Å². The number of esters is 1. The van der Waals surface area contributed by atoms with E-state index in [0.29, 0.717) is 5.56 Å². The molecule has 0 spiro atoms. The number of aromatic nitrogens is 1. The molecule has 126 valence electrons. The van der Waals surface area contributed by atoms with E-state index in [1.54, 1.807) is 6.08 Å². The molecule has 0 atom stereocenters. The van der Waals surface area contributed by atoms with Crippen molar-refractivity contribution in [2.75, 3.05) is 6.61 Å². The van der Waals surface area contributed by atoms with Gasteiger partial charge in [-0.1, -0.05) is 48.0 Å². The summed E-state index contributed by atoms with van der Waals surface area (Å²) >= 11 is 0. The van der Waals surface area contributed by atoms with Gasteiger partial charge in [0, 0.05) is 28.2 Å². The zero-order valence-corrected chi connectivity index (χ0v) is 14.2. The molecule has 4 heteroatoms. The molecule has 0 fully saturated rings. The third-order valence-corrected chi connectivity index (χ3v) is 4.01. The molecule has 0 amide bonds. The Balaban J connectivity index is 1.64. The topological polar surface area (TPSA) is 59.2 Å². The number of ether oxygens (including phenoxy) is 1. The highest BCUT2D eigenvalue weighted by Gasteiger charge is 2.16. The fourth-order valence-corrected chi connectivity index (χ4v) is 2.73. The van der Waals surface area contributed by atoms with Gasteiger partial charge in [-0.15, -0.1) is 0 Å². The minimum absolute atomic E-state index is 0.216. The average molecular weight is 333 g/mol. The van der Waals surface area contributed by atoms with Crippen LogP contribution in [0.2, 0.25) is 0 Å². The number of para-hydroxylation sites is 1. The van der Waals surface area contributed by atoms with Gasteiger partial charge < -0.3 is 9.72 Å². The molecule has 1 heterocycles. The molecular formula is C21H19NO3. The second-order valence-electron chi connectivity index (χ2n) is 5.95. The normalized spacial score (nSPS) is 11.1. The van der Waals surface area contributed by atoms with Crippen LogP contribution in [0.25, 0.3) is 17.0 Å². The number of H-pyrrole nitrogens is 1. The van der Waals surface area contributed by atoms with E-state index in [-0.39, 0.29) is 12.4 Å². The van der Waals surface area contributed by atoms with Crippen molar-refractivity contribution in [2.45, 2.75) is 13.8 Å². The Morgan fingerprint density at radius 2 is 1.76 bits per heavy atom. The standard InChI is InChI=1S/C21H19NO3/c1-14-7-9-16(10-8-14)11-12-20(24)25-13-19(23)21-15(2)22-18-6-4-3-5-17(18)21/h3-12,22H,13H2,1-2H3/b12-11+. The third kappa shape index (κ3) is 3.86. The quantitative estimate of drug-likeness (QED) is 0.432. The number of hydrogen-bond donors (Lipinski definition) is 1. The van der Waals surface area contributed by atoms with E-state index in [1.807, 2.05) is 62.4 Å². The van der Waals surface area contributed by atoms with Gasteiger partial charge in [0.1, 0.15) is 0 Å². The number of ketones is 1. The molecule has 0 aliphatic heterocycles. The number of carbonyl (C=O) groups is 2. The van der Waals surface area contributed by atoms with E-state index in [1.165, 1.54) is 6.08 Å². The van der Waals surface area contributed by atoms with Crippen LogP contribution in [0, 0.1) is 13.8 Å². The van der Waals surface area contributed by atoms with Crippen LogP contribution in [0.5, 0.6) is 0 Å². The fourth-order valence-electron chi connectivity index (χ4n) is 2.73. The number of Topliss-reactive ketones (excluding diaryl/α,β-unsaturated/α-hetero) is 1. The molecule has 2 aromatic carbocycles. The zero-order valence-electron chi connectivity index (χ0n) is 14.2. The van der Waals surface area contributed by atoms with Crippen LogP contribution in [0.3, 0.4) is 0 Å². The Hall–Kier alpha value is -3.14. The van der Waals surface area contributed by atoms with Crippen molar-refractivity contribution in [1.29, 1.82) is 0 Å². The first-order valence-corrected chi connectivity index (χ1v) is 8.06. The molecule has 25 heavy (non-hydrogen) atoms. The van der Waals surface area contributed by atoms with Gasteiger partial charge >= 0.3 is 5.97 Å². The monoisotopic (exact) mass is 333 g/mol. The summed E-state index contributed by atoms with van der Waals surface area (Å²) < 4.78 is 5.09. The van der Waals surface area contributed by atoms with Crippen LogP contribution in [0.1, 0.15) is 27.2 Å². The molecule has 1 aromatic heterocycles. The van der Waals surface area contributed by atoms with Crippen LogP contribution < -0.4 is 0 Å². The lowest BCUT2D eigenvalue weighted by molar-refractivity contribution is -0.136. The maximum atomic E-state index is 12.4. The van der Waals surface area contributed by atoms with Crippen LogP contribution >= 0.6 is 0 Å². The van der Waals surface area contributed by atoms with Crippen LogP contribution in [-0.4, -0.2) is 23.3 Å². The number of hydrogen-bond acceptors (Lipinski definition) is 3. The molecule has 3 aromatic rings. The highest BCUT2D eigenvalue weighted by molar-refractivity contribution is 6.10. The molecule has 0 aliphatic carbocycles. The molecule has 0 aliphatic rings. The molecule has 0 saturated carbocycles. The van der Waals surface area contributed by atoms with E-state index >= 15 is 0 Å². The van der Waals surface area contributed by atoms with Crippen molar-refractivity contribution in [3.05, 3.63) is 77.0 Å². The lowest BCUT2D eigenvalue weighted by Crippen LogP contribution is -2.13. The van der Waals surface area contributed by atoms with Gasteiger partial charge in [0.05, 0.1) is 0 Å². The molecule has 4 nitrogen and oxygen atoms in total. The Bertz CT molecular complexity index is 949. The van der Waals surface area contributed by atoms with Crippen molar-refractivity contribution in [2.24, 2.45) is 0 Å². The zero-order chi connectivity index (χ0) is 17.8. The van der Waals surface area contributed by atoms with Gasteiger partial charge in [-0.3, -0.25) is 4.79 Å². The number of nitrogens with one attached hydrogen (secondary N) is 1.